The van der Waals surface area contributed by atoms with Gasteiger partial charge in [0, 0.05) is 25.7 Å². The molecule has 0 atom stereocenters. The summed E-state index contributed by atoms with van der Waals surface area (Å²) in [6.45, 7) is 1.01. The van der Waals surface area contributed by atoms with Crippen LogP contribution in [-0.2, 0) is 16.1 Å². The van der Waals surface area contributed by atoms with Crippen molar-refractivity contribution < 1.29 is 18.8 Å². The monoisotopic (exact) mass is 266 g/mol. The molecule has 0 saturated carbocycles. The van der Waals surface area contributed by atoms with Crippen molar-refractivity contribution in [1.82, 2.24) is 15.2 Å². The summed E-state index contributed by atoms with van der Waals surface area (Å²) in [4.78, 5) is 37.5. The first-order chi connectivity index (χ1) is 9.04. The molecule has 1 aliphatic rings. The first-order valence-corrected chi connectivity index (χ1v) is 5.66. The van der Waals surface area contributed by atoms with Crippen molar-refractivity contribution in [1.29, 1.82) is 0 Å². The Morgan fingerprint density at radius 3 is 2.84 bits per heavy atom. The molecule has 2 rings (SSSR count). The van der Waals surface area contributed by atoms with Crippen LogP contribution in [0.15, 0.2) is 16.7 Å². The van der Waals surface area contributed by atoms with Crippen LogP contribution in [0.2, 0.25) is 0 Å². The van der Waals surface area contributed by atoms with Crippen LogP contribution in [0.3, 0.4) is 0 Å². The molecule has 8 heteroatoms. The number of carbonyl (C=O) groups is 3. The molecule has 3 amide bonds. The van der Waals surface area contributed by atoms with Gasteiger partial charge in [-0.15, -0.1) is 0 Å². The van der Waals surface area contributed by atoms with Crippen LogP contribution in [-0.4, -0.2) is 47.7 Å². The summed E-state index contributed by atoms with van der Waals surface area (Å²) in [6, 6.07) is 1.57. The van der Waals surface area contributed by atoms with Crippen molar-refractivity contribution in [3.05, 3.63) is 23.7 Å². The second-order valence-electron chi connectivity index (χ2n) is 4.20. The number of furan rings is 1. The molecule has 1 aromatic heterocycles. The number of nitrogens with one attached hydrogen (secondary N) is 1. The number of rotatable bonds is 3. The Morgan fingerprint density at radius 1 is 1.42 bits per heavy atom. The van der Waals surface area contributed by atoms with E-state index in [-0.39, 0.29) is 12.3 Å². The average molecular weight is 266 g/mol. The smallest absolute Gasteiger partial charge is 0.312 e. The highest BCUT2D eigenvalue weighted by Gasteiger charge is 2.31. The molecule has 0 aliphatic carbocycles. The lowest BCUT2D eigenvalue weighted by atomic mass is 10.2. The molecular formula is C11H14N4O4. The highest BCUT2D eigenvalue weighted by Crippen LogP contribution is 2.15. The molecular weight excluding hydrogens is 252 g/mol. The largest absolute Gasteiger partial charge is 0.459 e. The number of hydrazine groups is 1. The number of amides is 3. The first-order valence-electron chi connectivity index (χ1n) is 5.66. The number of nitrogen functional groups attached to an aromatic ring is 1. The average Bonchev–Trinajstić information content (AvgIpc) is 2.87. The van der Waals surface area contributed by atoms with E-state index in [1.54, 1.807) is 13.1 Å². The van der Waals surface area contributed by atoms with E-state index in [1.807, 2.05) is 5.43 Å². The molecule has 1 saturated heterocycles. The molecule has 0 spiro atoms. The van der Waals surface area contributed by atoms with Crippen LogP contribution in [0, 0.1) is 0 Å². The Balaban J connectivity index is 2.14. The lowest BCUT2D eigenvalue weighted by Crippen LogP contribution is -2.52. The van der Waals surface area contributed by atoms with Crippen LogP contribution < -0.4 is 11.3 Å². The molecule has 0 bridgehead atoms. The van der Waals surface area contributed by atoms with E-state index in [9.17, 15) is 14.4 Å². The lowest BCUT2D eigenvalue weighted by molar-refractivity contribution is -0.155. The standard InChI is InChI=1S/C11H14N4O4/c1-14-3-4-15(11(18)10(14)17)6-7-2-5-19-8(7)9(16)13-12/h2,5H,3-4,6,12H2,1H3,(H,13,16). The normalized spacial score (nSPS) is 15.9. The molecule has 2 heterocycles. The van der Waals surface area contributed by atoms with Gasteiger partial charge >= 0.3 is 17.7 Å². The predicted molar refractivity (Wildman–Crippen MR) is 63.4 cm³/mol. The fourth-order valence-electron chi connectivity index (χ4n) is 1.85. The highest BCUT2D eigenvalue weighted by molar-refractivity contribution is 6.35. The van der Waals surface area contributed by atoms with E-state index >= 15 is 0 Å². The Morgan fingerprint density at radius 2 is 2.16 bits per heavy atom. The summed E-state index contributed by atoms with van der Waals surface area (Å²) in [5.41, 5.74) is 2.47. The predicted octanol–water partition coefficient (Wildman–Crippen LogP) is -1.32. The molecule has 8 nitrogen and oxygen atoms in total. The number of piperazine rings is 1. The molecule has 19 heavy (non-hydrogen) atoms. The van der Waals surface area contributed by atoms with Gasteiger partial charge in [-0.2, -0.15) is 0 Å². The number of carbonyl (C=O) groups excluding carboxylic acids is 3. The molecule has 0 aromatic carbocycles. The van der Waals surface area contributed by atoms with Gasteiger partial charge in [0.25, 0.3) is 0 Å². The second-order valence-corrected chi connectivity index (χ2v) is 4.20. The van der Waals surface area contributed by atoms with Crippen LogP contribution in [0.4, 0.5) is 0 Å². The number of hydrogen-bond donors (Lipinski definition) is 2. The van der Waals surface area contributed by atoms with Crippen molar-refractivity contribution in [2.45, 2.75) is 6.54 Å². The van der Waals surface area contributed by atoms with E-state index in [4.69, 9.17) is 10.3 Å². The van der Waals surface area contributed by atoms with Gasteiger partial charge in [-0.25, -0.2) is 5.84 Å². The Hall–Kier alpha value is -2.35. The summed E-state index contributed by atoms with van der Waals surface area (Å²) in [5, 5.41) is 0. The fraction of sp³-hybridized carbons (Fsp3) is 0.364. The van der Waals surface area contributed by atoms with E-state index < -0.39 is 17.7 Å². The fourth-order valence-corrected chi connectivity index (χ4v) is 1.85. The zero-order valence-corrected chi connectivity index (χ0v) is 10.4. The van der Waals surface area contributed by atoms with Crippen molar-refractivity contribution in [2.75, 3.05) is 20.1 Å². The summed E-state index contributed by atoms with van der Waals surface area (Å²) >= 11 is 0. The summed E-state index contributed by atoms with van der Waals surface area (Å²) < 4.78 is 5.02. The molecule has 0 radical (unpaired) electrons. The summed E-state index contributed by atoms with van der Waals surface area (Å²) in [6.07, 6.45) is 1.34. The molecule has 1 fully saturated rings. The molecule has 1 aliphatic heterocycles. The van der Waals surface area contributed by atoms with Gasteiger partial charge in [0.15, 0.2) is 5.76 Å². The second kappa shape index (κ2) is 5.11. The summed E-state index contributed by atoms with van der Waals surface area (Å²) in [7, 11) is 1.57. The van der Waals surface area contributed by atoms with Crippen molar-refractivity contribution in [3.8, 4) is 0 Å². The molecule has 0 unspecified atom stereocenters. The quantitative estimate of drug-likeness (QED) is 0.305. The Labute approximate surface area is 109 Å². The van der Waals surface area contributed by atoms with Crippen LogP contribution in [0.5, 0.6) is 0 Å². The van der Waals surface area contributed by atoms with E-state index in [2.05, 4.69) is 0 Å². The number of likely N-dealkylation sites (N-methyl/N-ethyl adjacent to an activating group) is 1. The number of hydrogen-bond acceptors (Lipinski definition) is 5. The van der Waals surface area contributed by atoms with Gasteiger partial charge in [-0.05, 0) is 6.07 Å². The van der Waals surface area contributed by atoms with Crippen molar-refractivity contribution in [3.63, 3.8) is 0 Å². The highest BCUT2D eigenvalue weighted by atomic mass is 16.3. The Kier molecular flexibility index (Phi) is 3.52. The van der Waals surface area contributed by atoms with Crippen LogP contribution in [0.1, 0.15) is 16.1 Å². The van der Waals surface area contributed by atoms with E-state index in [0.29, 0.717) is 18.7 Å². The zero-order chi connectivity index (χ0) is 14.0. The topological polar surface area (TPSA) is 109 Å². The third-order valence-electron chi connectivity index (χ3n) is 2.97. The lowest BCUT2D eigenvalue weighted by Gasteiger charge is -2.31. The minimum atomic E-state index is -0.589. The van der Waals surface area contributed by atoms with Crippen molar-refractivity contribution >= 4 is 17.7 Å². The number of nitrogens with zero attached hydrogens (tertiary/aromatic N) is 2. The zero-order valence-electron chi connectivity index (χ0n) is 10.4. The van der Waals surface area contributed by atoms with Crippen LogP contribution in [0.25, 0.3) is 0 Å². The molecule has 3 N–H and O–H groups in total. The van der Waals surface area contributed by atoms with Gasteiger partial charge < -0.3 is 14.2 Å². The van der Waals surface area contributed by atoms with Crippen molar-refractivity contribution in [2.24, 2.45) is 5.84 Å². The van der Waals surface area contributed by atoms with Gasteiger partial charge in [-0.1, -0.05) is 0 Å². The first kappa shape index (κ1) is 13.1. The van der Waals surface area contributed by atoms with Gasteiger partial charge in [-0.3, -0.25) is 19.8 Å². The number of nitrogens with two attached hydrogens (primary N) is 1. The summed E-state index contributed by atoms with van der Waals surface area (Å²) in [5.74, 6) is 3.35. The van der Waals surface area contributed by atoms with E-state index in [1.165, 1.54) is 16.1 Å². The van der Waals surface area contributed by atoms with E-state index in [0.717, 1.165) is 0 Å². The Bertz CT molecular complexity index is 525. The minimum Gasteiger partial charge on any atom is -0.459 e. The van der Waals surface area contributed by atoms with Gasteiger partial charge in [0.2, 0.25) is 0 Å². The molecule has 1 aromatic rings. The molecule has 102 valence electrons. The maximum absolute atomic E-state index is 11.8. The van der Waals surface area contributed by atoms with Gasteiger partial charge in [0.05, 0.1) is 12.8 Å². The SMILES string of the molecule is CN1CCN(Cc2ccoc2C(=O)NN)C(=O)C1=O. The van der Waals surface area contributed by atoms with Crippen LogP contribution >= 0.6 is 0 Å². The minimum absolute atomic E-state index is 0.0432. The maximum atomic E-state index is 11.8. The third-order valence-corrected chi connectivity index (χ3v) is 2.97. The maximum Gasteiger partial charge on any atom is 0.312 e. The van der Waals surface area contributed by atoms with Gasteiger partial charge in [0.1, 0.15) is 0 Å². The third kappa shape index (κ3) is 2.43.